The van der Waals surface area contributed by atoms with Gasteiger partial charge in [0.2, 0.25) is 0 Å². The highest BCUT2D eigenvalue weighted by atomic mass is 28.4. The second-order valence-electron chi connectivity index (χ2n) is 3.99. The molecule has 0 spiro atoms. The van der Waals surface area contributed by atoms with E-state index in [0.29, 0.717) is 11.8 Å². The Morgan fingerprint density at radius 1 is 0.944 bits per heavy atom. The highest BCUT2D eigenvalue weighted by Crippen LogP contribution is 2.17. The first-order valence-corrected chi connectivity index (χ1v) is 7.74. The first-order valence-electron chi connectivity index (χ1n) is 5.77. The van der Waals surface area contributed by atoms with Gasteiger partial charge in [0.05, 0.1) is 6.04 Å². The van der Waals surface area contributed by atoms with Crippen LogP contribution in [0.5, 0.6) is 5.75 Å². The highest BCUT2D eigenvalue weighted by molar-refractivity contribution is 6.59. The van der Waals surface area contributed by atoms with Gasteiger partial charge >= 0.3 is 8.80 Å². The second-order valence-corrected chi connectivity index (χ2v) is 6.39. The van der Waals surface area contributed by atoms with Crippen LogP contribution in [0.2, 0.25) is 0 Å². The summed E-state index contributed by atoms with van der Waals surface area (Å²) in [6, 6.07) is 19.3. The van der Waals surface area contributed by atoms with Gasteiger partial charge in [-0.25, -0.2) is 0 Å². The van der Waals surface area contributed by atoms with Crippen molar-refractivity contribution in [3.05, 3.63) is 66.2 Å². The fourth-order valence-electron chi connectivity index (χ4n) is 1.68. The number of para-hydroxylation sites is 1. The molecule has 3 nitrogen and oxygen atoms in total. The Morgan fingerprint density at radius 3 is 2.06 bits per heavy atom. The molecule has 0 radical (unpaired) electrons. The largest absolute Gasteiger partial charge is 0.567 e. The third-order valence-corrected chi connectivity index (χ3v) is 4.66. The summed E-state index contributed by atoms with van der Waals surface area (Å²) in [6.07, 6.45) is 0. The molecule has 0 aliphatic carbocycles. The predicted molar refractivity (Wildman–Crippen MR) is 72.2 cm³/mol. The number of hydrogen-bond donors (Lipinski definition) is 1. The van der Waals surface area contributed by atoms with Crippen LogP contribution in [0, 0.1) is 0 Å². The molecule has 2 aromatic carbocycles. The monoisotopic (exact) mass is 260 g/mol. The maximum absolute atomic E-state index is 10.4. The van der Waals surface area contributed by atoms with Crippen molar-refractivity contribution in [2.24, 2.45) is 0 Å². The van der Waals surface area contributed by atoms with Gasteiger partial charge in [0.25, 0.3) is 0 Å². The van der Waals surface area contributed by atoms with Crippen molar-refractivity contribution in [1.82, 2.24) is 0 Å². The minimum absolute atomic E-state index is 0.402. The molecule has 0 fully saturated rings. The molecule has 2 aromatic rings. The van der Waals surface area contributed by atoms with Gasteiger partial charge in [0.1, 0.15) is 5.75 Å². The summed E-state index contributed by atoms with van der Waals surface area (Å²) in [5.41, 5.74) is 1.00. The first-order chi connectivity index (χ1) is 8.72. The Bertz CT molecular complexity index is 431. The molecule has 0 heterocycles. The van der Waals surface area contributed by atoms with Gasteiger partial charge < -0.3 is 13.6 Å². The predicted octanol–water partition coefficient (Wildman–Crippen LogP) is 2.42. The van der Waals surface area contributed by atoms with Gasteiger partial charge in [0.15, 0.2) is 0 Å². The van der Waals surface area contributed by atoms with Crippen LogP contribution in [-0.2, 0) is 10.5 Å². The minimum Gasteiger partial charge on any atom is -0.501 e. The van der Waals surface area contributed by atoms with Gasteiger partial charge in [-0.1, -0.05) is 48.5 Å². The third kappa shape index (κ3) is 3.43. The Labute approximate surface area is 108 Å². The maximum atomic E-state index is 10.4. The van der Waals surface area contributed by atoms with E-state index in [1.807, 2.05) is 60.7 Å². The van der Waals surface area contributed by atoms with Gasteiger partial charge in [-0.05, 0) is 17.7 Å². The summed E-state index contributed by atoms with van der Waals surface area (Å²) in [4.78, 5) is 10.4. The molecule has 2 rings (SSSR count). The quantitative estimate of drug-likeness (QED) is 0.839. The van der Waals surface area contributed by atoms with Crippen molar-refractivity contribution in [3.8, 4) is 5.75 Å². The van der Waals surface area contributed by atoms with E-state index >= 15 is 0 Å². The summed E-state index contributed by atoms with van der Waals surface area (Å²) in [5.74, 6) is 0.629. The molecule has 0 saturated carbocycles. The smallest absolute Gasteiger partial charge is 0.501 e. The lowest BCUT2D eigenvalue weighted by molar-refractivity contribution is 0.194. The Kier molecular flexibility index (Phi) is 4.14. The molecule has 0 aliphatic heterocycles. The van der Waals surface area contributed by atoms with Crippen molar-refractivity contribution in [3.63, 3.8) is 0 Å². The molecule has 1 N–H and O–H groups in total. The van der Waals surface area contributed by atoms with E-state index in [9.17, 15) is 4.80 Å². The lowest BCUT2D eigenvalue weighted by Crippen LogP contribution is -2.47. The topological polar surface area (TPSA) is 38.7 Å². The molecule has 18 heavy (non-hydrogen) atoms. The fraction of sp³-hybridized carbons (Fsp3) is 0.143. The molecule has 94 valence electrons. The number of hydrogen-bond acceptors (Lipinski definition) is 3. The van der Waals surface area contributed by atoms with Gasteiger partial charge in [-0.2, -0.15) is 0 Å². The van der Waals surface area contributed by atoms with Crippen molar-refractivity contribution in [2.45, 2.75) is 6.04 Å². The average molecular weight is 260 g/mol. The molecule has 0 bridgehead atoms. The van der Waals surface area contributed by atoms with E-state index in [4.69, 9.17) is 8.85 Å². The van der Waals surface area contributed by atoms with E-state index in [1.165, 1.54) is 7.11 Å². The van der Waals surface area contributed by atoms with Crippen LogP contribution in [0.15, 0.2) is 60.7 Å². The van der Waals surface area contributed by atoms with Crippen LogP contribution >= 0.6 is 0 Å². The van der Waals surface area contributed by atoms with Crippen molar-refractivity contribution in [1.29, 1.82) is 0 Å². The zero-order valence-electron chi connectivity index (χ0n) is 10.2. The van der Waals surface area contributed by atoms with Crippen LogP contribution in [-0.4, -0.2) is 20.7 Å². The zero-order valence-corrected chi connectivity index (χ0v) is 11.2. The van der Waals surface area contributed by atoms with Crippen molar-refractivity contribution < 1.29 is 13.6 Å². The fourth-order valence-corrected chi connectivity index (χ4v) is 3.23. The number of rotatable bonds is 5. The summed E-state index contributed by atoms with van der Waals surface area (Å²) in [7, 11) is -1.72. The third-order valence-electron chi connectivity index (χ3n) is 2.61. The number of benzene rings is 2. The van der Waals surface area contributed by atoms with Crippen LogP contribution in [0.1, 0.15) is 5.56 Å². The Hall–Kier alpha value is -1.62. The average Bonchev–Trinajstić information content (AvgIpc) is 2.41. The van der Waals surface area contributed by atoms with Crippen molar-refractivity contribution >= 4 is 8.80 Å². The minimum atomic E-state index is -3.21. The van der Waals surface area contributed by atoms with E-state index < -0.39 is 8.80 Å². The zero-order chi connectivity index (χ0) is 12.8. The van der Waals surface area contributed by atoms with E-state index in [-0.39, 0.29) is 0 Å². The summed E-state index contributed by atoms with van der Waals surface area (Å²) in [6.45, 7) is 0. The van der Waals surface area contributed by atoms with Crippen LogP contribution in [0.3, 0.4) is 0 Å². The molecular formula is C14H16O3Si. The summed E-state index contributed by atoms with van der Waals surface area (Å²) < 4.78 is 10.8. The molecular weight excluding hydrogens is 244 g/mol. The first kappa shape index (κ1) is 12.8. The Balaban J connectivity index is 2.11. The molecule has 4 heteroatoms. The van der Waals surface area contributed by atoms with E-state index in [2.05, 4.69) is 0 Å². The molecule has 0 aliphatic rings. The van der Waals surface area contributed by atoms with Crippen LogP contribution in [0.25, 0.3) is 0 Å². The van der Waals surface area contributed by atoms with Crippen molar-refractivity contribution in [2.75, 3.05) is 7.11 Å². The van der Waals surface area contributed by atoms with E-state index in [0.717, 1.165) is 5.56 Å². The Morgan fingerprint density at radius 2 is 1.50 bits per heavy atom. The molecule has 0 saturated heterocycles. The lowest BCUT2D eigenvalue weighted by atomic mass is 10.2. The molecule has 0 aromatic heterocycles. The standard InChI is InChI=1S/C14H16O3Si/c1-16-18(15,12-13-8-4-2-5-9-13)17-14-10-6-3-7-11-14/h2-11,15H,12H2,1H3. The maximum Gasteiger partial charge on any atom is 0.567 e. The molecule has 1 unspecified atom stereocenters. The molecule has 0 amide bonds. The SMILES string of the molecule is CO[Si](O)(Cc1ccccc1)Oc1ccccc1. The van der Waals surface area contributed by atoms with Crippen LogP contribution in [0.4, 0.5) is 0 Å². The molecule has 1 atom stereocenters. The highest BCUT2D eigenvalue weighted by Gasteiger charge is 2.38. The lowest BCUT2D eigenvalue weighted by Gasteiger charge is -2.23. The van der Waals surface area contributed by atoms with E-state index in [1.54, 1.807) is 0 Å². The summed E-state index contributed by atoms with van der Waals surface area (Å²) in [5, 5.41) is 0. The summed E-state index contributed by atoms with van der Waals surface area (Å²) >= 11 is 0. The normalized spacial score (nSPS) is 13.9. The second kappa shape index (κ2) is 5.82. The van der Waals surface area contributed by atoms with Gasteiger partial charge in [-0.3, -0.25) is 0 Å². The van der Waals surface area contributed by atoms with Gasteiger partial charge in [-0.15, -0.1) is 0 Å². The van der Waals surface area contributed by atoms with Crippen LogP contribution < -0.4 is 4.43 Å². The van der Waals surface area contributed by atoms with Gasteiger partial charge in [0, 0.05) is 7.11 Å².